The SMILES string of the molecule is CC(C)n1c(=O)c(C(N)=O)cc2ccsc21. The number of hydrogen-bond donors (Lipinski definition) is 1. The monoisotopic (exact) mass is 236 g/mol. The Balaban J connectivity index is 2.92. The van der Waals surface area contributed by atoms with Crippen molar-refractivity contribution in [1.29, 1.82) is 0 Å². The highest BCUT2D eigenvalue weighted by Crippen LogP contribution is 2.22. The summed E-state index contributed by atoms with van der Waals surface area (Å²) in [5.41, 5.74) is 4.94. The predicted octanol–water partition coefficient (Wildman–Crippen LogP) is 1.74. The van der Waals surface area contributed by atoms with Crippen molar-refractivity contribution in [1.82, 2.24) is 4.57 Å². The largest absolute Gasteiger partial charge is 0.365 e. The van der Waals surface area contributed by atoms with Crippen LogP contribution in [0.3, 0.4) is 0 Å². The van der Waals surface area contributed by atoms with E-state index in [-0.39, 0.29) is 17.2 Å². The van der Waals surface area contributed by atoms with Crippen LogP contribution in [0, 0.1) is 0 Å². The number of carbonyl (C=O) groups excluding carboxylic acids is 1. The smallest absolute Gasteiger partial charge is 0.264 e. The second-order valence-corrected chi connectivity index (χ2v) is 4.77. The standard InChI is InChI=1S/C11H12N2O2S/c1-6(2)13-10(15)8(9(12)14)5-7-3-4-16-11(7)13/h3-6H,1-2H3,(H2,12,14). The molecule has 0 radical (unpaired) electrons. The van der Waals surface area contributed by atoms with Gasteiger partial charge in [-0.15, -0.1) is 11.3 Å². The topological polar surface area (TPSA) is 65.1 Å². The Morgan fingerprint density at radius 3 is 2.75 bits per heavy atom. The first kappa shape index (κ1) is 10.9. The van der Waals surface area contributed by atoms with Crippen molar-refractivity contribution in [2.75, 3.05) is 0 Å². The van der Waals surface area contributed by atoms with Crippen LogP contribution >= 0.6 is 11.3 Å². The van der Waals surface area contributed by atoms with E-state index >= 15 is 0 Å². The van der Waals surface area contributed by atoms with E-state index < -0.39 is 5.91 Å². The van der Waals surface area contributed by atoms with Gasteiger partial charge >= 0.3 is 0 Å². The first-order valence-corrected chi connectivity index (χ1v) is 5.83. The summed E-state index contributed by atoms with van der Waals surface area (Å²) in [6.45, 7) is 3.82. The number of rotatable bonds is 2. The first-order chi connectivity index (χ1) is 7.52. The van der Waals surface area contributed by atoms with Crippen LogP contribution in [0.25, 0.3) is 10.2 Å². The molecular formula is C11H12N2O2S. The Hall–Kier alpha value is -1.62. The molecule has 0 saturated carbocycles. The Kier molecular flexibility index (Phi) is 2.55. The van der Waals surface area contributed by atoms with Crippen LogP contribution in [0.1, 0.15) is 30.2 Å². The Morgan fingerprint density at radius 1 is 1.50 bits per heavy atom. The third-order valence-corrected chi connectivity index (χ3v) is 3.35. The van der Waals surface area contributed by atoms with Crippen LogP contribution in [-0.4, -0.2) is 10.5 Å². The molecule has 0 fully saturated rings. The van der Waals surface area contributed by atoms with Gasteiger partial charge in [0.2, 0.25) is 0 Å². The summed E-state index contributed by atoms with van der Waals surface area (Å²) < 4.78 is 1.61. The molecular weight excluding hydrogens is 224 g/mol. The quantitative estimate of drug-likeness (QED) is 0.863. The number of pyridine rings is 1. The van der Waals surface area contributed by atoms with Crippen molar-refractivity contribution in [3.05, 3.63) is 33.4 Å². The van der Waals surface area contributed by atoms with Crippen molar-refractivity contribution in [3.8, 4) is 0 Å². The van der Waals surface area contributed by atoms with E-state index in [0.29, 0.717) is 0 Å². The summed E-state index contributed by atoms with van der Waals surface area (Å²) in [4.78, 5) is 24.1. The van der Waals surface area contributed by atoms with Gasteiger partial charge in [0.1, 0.15) is 10.4 Å². The molecule has 0 aliphatic carbocycles. The Morgan fingerprint density at radius 2 is 2.19 bits per heavy atom. The molecule has 1 amide bonds. The first-order valence-electron chi connectivity index (χ1n) is 4.95. The molecule has 0 aromatic carbocycles. The molecule has 2 N–H and O–H groups in total. The maximum Gasteiger partial charge on any atom is 0.264 e. The van der Waals surface area contributed by atoms with E-state index in [1.165, 1.54) is 11.3 Å². The predicted molar refractivity (Wildman–Crippen MR) is 65.0 cm³/mol. The molecule has 2 aromatic rings. The molecule has 4 nitrogen and oxygen atoms in total. The molecule has 84 valence electrons. The lowest BCUT2D eigenvalue weighted by Crippen LogP contribution is -2.30. The van der Waals surface area contributed by atoms with Crippen LogP contribution in [0.2, 0.25) is 0 Å². The van der Waals surface area contributed by atoms with Gasteiger partial charge < -0.3 is 5.73 Å². The summed E-state index contributed by atoms with van der Waals surface area (Å²) in [7, 11) is 0. The summed E-state index contributed by atoms with van der Waals surface area (Å²) in [5, 5.41) is 2.78. The van der Waals surface area contributed by atoms with E-state index in [1.807, 2.05) is 25.3 Å². The fourth-order valence-electron chi connectivity index (χ4n) is 1.70. The maximum absolute atomic E-state index is 12.0. The van der Waals surface area contributed by atoms with Gasteiger partial charge in [0.05, 0.1) is 0 Å². The highest BCUT2D eigenvalue weighted by Gasteiger charge is 2.15. The normalized spacial score (nSPS) is 11.2. The molecule has 2 aromatic heterocycles. The lowest BCUT2D eigenvalue weighted by Gasteiger charge is -2.12. The van der Waals surface area contributed by atoms with E-state index in [9.17, 15) is 9.59 Å². The van der Waals surface area contributed by atoms with Gasteiger partial charge in [-0.05, 0) is 31.4 Å². The van der Waals surface area contributed by atoms with Crippen molar-refractivity contribution in [2.24, 2.45) is 5.73 Å². The number of carbonyl (C=O) groups is 1. The van der Waals surface area contributed by atoms with E-state index in [0.717, 1.165) is 10.2 Å². The lowest BCUT2D eigenvalue weighted by molar-refractivity contribution is 0.0998. The molecule has 2 heterocycles. The highest BCUT2D eigenvalue weighted by atomic mass is 32.1. The summed E-state index contributed by atoms with van der Waals surface area (Å²) >= 11 is 1.49. The number of nitrogens with two attached hydrogens (primary N) is 1. The molecule has 0 unspecified atom stereocenters. The third-order valence-electron chi connectivity index (χ3n) is 2.42. The summed E-state index contributed by atoms with van der Waals surface area (Å²) in [6.07, 6.45) is 0. The molecule has 0 spiro atoms. The molecule has 2 rings (SSSR count). The molecule has 0 aliphatic rings. The van der Waals surface area contributed by atoms with Crippen molar-refractivity contribution in [2.45, 2.75) is 19.9 Å². The van der Waals surface area contributed by atoms with Crippen LogP contribution in [0.15, 0.2) is 22.3 Å². The molecule has 0 bridgehead atoms. The zero-order valence-corrected chi connectivity index (χ0v) is 9.88. The minimum atomic E-state index is -0.674. The second kappa shape index (κ2) is 3.75. The van der Waals surface area contributed by atoms with Gasteiger partial charge in [-0.2, -0.15) is 0 Å². The van der Waals surface area contributed by atoms with E-state index in [2.05, 4.69) is 0 Å². The van der Waals surface area contributed by atoms with Gasteiger partial charge in [-0.1, -0.05) is 0 Å². The highest BCUT2D eigenvalue weighted by molar-refractivity contribution is 7.16. The van der Waals surface area contributed by atoms with E-state index in [1.54, 1.807) is 10.6 Å². The maximum atomic E-state index is 12.0. The van der Waals surface area contributed by atoms with Crippen LogP contribution in [0.4, 0.5) is 0 Å². The van der Waals surface area contributed by atoms with Crippen LogP contribution in [-0.2, 0) is 0 Å². The number of fused-ring (bicyclic) bond motifs is 1. The minimum absolute atomic E-state index is 0.00736. The zero-order valence-electron chi connectivity index (χ0n) is 9.06. The second-order valence-electron chi connectivity index (χ2n) is 3.87. The number of nitrogens with zero attached hydrogens (tertiary/aromatic N) is 1. The number of amides is 1. The van der Waals surface area contributed by atoms with E-state index in [4.69, 9.17) is 5.73 Å². The fraction of sp³-hybridized carbons (Fsp3) is 0.273. The van der Waals surface area contributed by atoms with Crippen molar-refractivity contribution in [3.63, 3.8) is 0 Å². The summed E-state index contributed by atoms with van der Waals surface area (Å²) in [6, 6.07) is 3.45. The van der Waals surface area contributed by atoms with Gasteiger partial charge in [-0.25, -0.2) is 0 Å². The van der Waals surface area contributed by atoms with Gasteiger partial charge in [0, 0.05) is 11.4 Å². The number of primary amides is 1. The third kappa shape index (κ3) is 1.53. The number of thiophene rings is 1. The average Bonchev–Trinajstić information content (AvgIpc) is 2.62. The van der Waals surface area contributed by atoms with Crippen molar-refractivity contribution >= 4 is 27.5 Å². The fourth-order valence-corrected chi connectivity index (χ4v) is 2.72. The van der Waals surface area contributed by atoms with Gasteiger partial charge in [0.25, 0.3) is 11.5 Å². The van der Waals surface area contributed by atoms with Gasteiger partial charge in [-0.3, -0.25) is 14.2 Å². The molecule has 0 aliphatic heterocycles. The number of aromatic nitrogens is 1. The Labute approximate surface area is 96.3 Å². The van der Waals surface area contributed by atoms with Crippen molar-refractivity contribution < 1.29 is 4.79 Å². The molecule has 0 saturated heterocycles. The average molecular weight is 236 g/mol. The molecule has 5 heteroatoms. The minimum Gasteiger partial charge on any atom is -0.365 e. The van der Waals surface area contributed by atoms with Crippen LogP contribution < -0.4 is 11.3 Å². The molecule has 0 atom stereocenters. The molecule has 16 heavy (non-hydrogen) atoms. The Bertz CT molecular complexity index is 610. The number of hydrogen-bond acceptors (Lipinski definition) is 3. The zero-order chi connectivity index (χ0) is 11.9. The van der Waals surface area contributed by atoms with Crippen LogP contribution in [0.5, 0.6) is 0 Å². The summed E-state index contributed by atoms with van der Waals surface area (Å²) in [5.74, 6) is -0.674. The van der Waals surface area contributed by atoms with Gasteiger partial charge in [0.15, 0.2) is 0 Å². The lowest BCUT2D eigenvalue weighted by atomic mass is 10.2.